The number of nitrogens with one attached hydrogen (secondary N) is 1. The van der Waals surface area contributed by atoms with Gasteiger partial charge in [0, 0.05) is 12.3 Å². The summed E-state index contributed by atoms with van der Waals surface area (Å²) in [5.74, 6) is -0.123. The molecule has 19 heavy (non-hydrogen) atoms. The van der Waals surface area contributed by atoms with Gasteiger partial charge in [-0.3, -0.25) is 10.1 Å². The molecular weight excluding hydrogens is 291 g/mol. The summed E-state index contributed by atoms with van der Waals surface area (Å²) in [6.45, 7) is 0. The van der Waals surface area contributed by atoms with Crippen molar-refractivity contribution in [3.05, 3.63) is 40.3 Å². The van der Waals surface area contributed by atoms with E-state index in [0.29, 0.717) is 10.7 Å². The largest absolute Gasteiger partial charge is 0.481 e. The van der Waals surface area contributed by atoms with Gasteiger partial charge in [0.2, 0.25) is 11.8 Å². The van der Waals surface area contributed by atoms with Gasteiger partial charge >= 0.3 is 0 Å². The monoisotopic (exact) mass is 298 g/mol. The second-order valence-electron chi connectivity index (χ2n) is 3.38. The van der Waals surface area contributed by atoms with Crippen LogP contribution in [0.4, 0.5) is 5.95 Å². The number of nitrogens with zero attached hydrogens (tertiary/aromatic N) is 3. The van der Waals surface area contributed by atoms with Crippen molar-refractivity contribution in [3.63, 3.8) is 0 Å². The van der Waals surface area contributed by atoms with Gasteiger partial charge in [-0.25, -0.2) is 9.97 Å². The minimum absolute atomic E-state index is 0.0456. The maximum atomic E-state index is 11.9. The molecule has 0 saturated heterocycles. The lowest BCUT2D eigenvalue weighted by Gasteiger charge is -2.05. The van der Waals surface area contributed by atoms with Gasteiger partial charge in [-0.2, -0.15) is 4.98 Å². The van der Waals surface area contributed by atoms with E-state index >= 15 is 0 Å². The first-order valence-corrected chi connectivity index (χ1v) is 5.85. The third-order valence-corrected chi connectivity index (χ3v) is 2.51. The molecule has 0 radical (unpaired) electrons. The Hall–Kier alpha value is -1.92. The zero-order valence-corrected chi connectivity index (χ0v) is 11.2. The Morgan fingerprint density at radius 1 is 1.26 bits per heavy atom. The molecule has 0 aliphatic heterocycles. The van der Waals surface area contributed by atoms with Crippen molar-refractivity contribution in [1.82, 2.24) is 15.0 Å². The van der Waals surface area contributed by atoms with Crippen LogP contribution in [0, 0.1) is 0 Å². The smallest absolute Gasteiger partial charge is 0.259 e. The molecule has 2 heterocycles. The molecule has 0 bridgehead atoms. The first-order chi connectivity index (χ1) is 9.08. The average molecular weight is 299 g/mol. The molecule has 0 unspecified atom stereocenters. The summed E-state index contributed by atoms with van der Waals surface area (Å²) in [7, 11) is 1.44. The third-order valence-electron chi connectivity index (χ3n) is 2.10. The van der Waals surface area contributed by atoms with Crippen LogP contribution in [0.5, 0.6) is 5.88 Å². The number of carbonyl (C=O) groups excluding carboxylic acids is 1. The van der Waals surface area contributed by atoms with Crippen LogP contribution in [0.25, 0.3) is 0 Å². The van der Waals surface area contributed by atoms with E-state index in [9.17, 15) is 4.79 Å². The average Bonchev–Trinajstić information content (AvgIpc) is 2.38. The summed E-state index contributed by atoms with van der Waals surface area (Å²) in [4.78, 5) is 23.5. The Morgan fingerprint density at radius 2 is 2.05 bits per heavy atom. The topological polar surface area (TPSA) is 77.0 Å². The molecule has 0 atom stereocenters. The predicted molar refractivity (Wildman–Crippen MR) is 70.8 cm³/mol. The van der Waals surface area contributed by atoms with Crippen LogP contribution >= 0.6 is 23.2 Å². The number of ether oxygens (including phenoxy) is 1. The van der Waals surface area contributed by atoms with E-state index in [1.54, 1.807) is 0 Å². The Kier molecular flexibility index (Phi) is 4.13. The van der Waals surface area contributed by atoms with Crippen LogP contribution in [-0.2, 0) is 0 Å². The Labute approximate surface area is 118 Å². The number of halogens is 2. The van der Waals surface area contributed by atoms with E-state index in [1.165, 1.54) is 31.5 Å². The van der Waals surface area contributed by atoms with E-state index in [-0.39, 0.29) is 17.0 Å². The molecule has 0 saturated carbocycles. The van der Waals surface area contributed by atoms with E-state index < -0.39 is 5.91 Å². The quantitative estimate of drug-likeness (QED) is 0.695. The summed E-state index contributed by atoms with van der Waals surface area (Å²) in [6, 6.07) is 4.48. The molecule has 0 aliphatic rings. The molecule has 8 heteroatoms. The molecule has 2 aromatic rings. The van der Waals surface area contributed by atoms with Crippen molar-refractivity contribution in [1.29, 1.82) is 0 Å². The van der Waals surface area contributed by atoms with E-state index in [2.05, 4.69) is 20.3 Å². The maximum Gasteiger partial charge on any atom is 0.259 e. The predicted octanol–water partition coefficient (Wildman–Crippen LogP) is 2.44. The first-order valence-electron chi connectivity index (χ1n) is 5.10. The van der Waals surface area contributed by atoms with Gasteiger partial charge in [0.25, 0.3) is 5.91 Å². The number of hydrogen-bond donors (Lipinski definition) is 1. The number of methoxy groups -OCH3 is 1. The van der Waals surface area contributed by atoms with Crippen LogP contribution in [0.15, 0.2) is 24.4 Å². The summed E-state index contributed by atoms with van der Waals surface area (Å²) in [5, 5.41) is 2.95. The normalized spacial score (nSPS) is 10.1. The number of rotatable bonds is 3. The van der Waals surface area contributed by atoms with Crippen molar-refractivity contribution >= 4 is 35.1 Å². The maximum absolute atomic E-state index is 11.9. The third kappa shape index (κ3) is 3.52. The molecule has 1 amide bonds. The zero-order chi connectivity index (χ0) is 13.8. The van der Waals surface area contributed by atoms with Gasteiger partial charge < -0.3 is 4.74 Å². The summed E-state index contributed by atoms with van der Waals surface area (Å²) in [6.07, 6.45) is 1.35. The number of pyridine rings is 1. The van der Waals surface area contributed by atoms with Crippen molar-refractivity contribution < 1.29 is 9.53 Å². The van der Waals surface area contributed by atoms with E-state index in [1.807, 2.05) is 0 Å². The lowest BCUT2D eigenvalue weighted by atomic mass is 10.3. The number of carbonyl (C=O) groups is 1. The molecule has 2 aromatic heterocycles. The lowest BCUT2D eigenvalue weighted by Crippen LogP contribution is -2.14. The minimum atomic E-state index is -0.423. The fourth-order valence-electron chi connectivity index (χ4n) is 1.24. The van der Waals surface area contributed by atoms with Crippen LogP contribution in [0.3, 0.4) is 0 Å². The Balaban J connectivity index is 2.18. The fraction of sp³-hybridized carbons (Fsp3) is 0.0909. The Morgan fingerprint density at radius 3 is 2.68 bits per heavy atom. The number of hydrogen-bond acceptors (Lipinski definition) is 5. The van der Waals surface area contributed by atoms with Crippen molar-refractivity contribution in [3.8, 4) is 5.88 Å². The highest BCUT2D eigenvalue weighted by molar-refractivity contribution is 6.29. The van der Waals surface area contributed by atoms with Crippen LogP contribution in [-0.4, -0.2) is 28.0 Å². The van der Waals surface area contributed by atoms with Gasteiger partial charge in [0.05, 0.1) is 12.7 Å². The second kappa shape index (κ2) is 5.81. The van der Waals surface area contributed by atoms with Crippen LogP contribution in [0.1, 0.15) is 10.4 Å². The van der Waals surface area contributed by atoms with Gasteiger partial charge in [-0.15, -0.1) is 0 Å². The van der Waals surface area contributed by atoms with E-state index in [0.717, 1.165) is 0 Å². The molecular formula is C11H8Cl2N4O2. The zero-order valence-electron chi connectivity index (χ0n) is 9.72. The van der Waals surface area contributed by atoms with Crippen molar-refractivity contribution in [2.45, 2.75) is 0 Å². The summed E-state index contributed by atoms with van der Waals surface area (Å²) >= 11 is 11.4. The first kappa shape index (κ1) is 13.5. The molecule has 6 nitrogen and oxygen atoms in total. The molecule has 2 rings (SSSR count). The Bertz CT molecular complexity index is 604. The highest BCUT2D eigenvalue weighted by Crippen LogP contribution is 2.16. The van der Waals surface area contributed by atoms with Crippen LogP contribution < -0.4 is 10.1 Å². The SMILES string of the molecule is COc1cc(Cl)nc(NC(=O)c2ccc(Cl)nc2)n1. The highest BCUT2D eigenvalue weighted by atomic mass is 35.5. The standard InChI is InChI=1S/C11H8Cl2N4O2/c1-19-9-4-8(13)15-11(16-9)17-10(18)6-2-3-7(12)14-5-6/h2-5H,1H3,(H,15,16,17,18). The van der Waals surface area contributed by atoms with Gasteiger partial charge in [-0.1, -0.05) is 23.2 Å². The number of amides is 1. The molecule has 98 valence electrons. The molecule has 0 aliphatic carbocycles. The molecule has 0 aromatic carbocycles. The lowest BCUT2D eigenvalue weighted by molar-refractivity contribution is 0.102. The number of aromatic nitrogens is 3. The highest BCUT2D eigenvalue weighted by Gasteiger charge is 2.10. The molecule has 0 fully saturated rings. The summed E-state index contributed by atoms with van der Waals surface area (Å²) < 4.78 is 4.92. The summed E-state index contributed by atoms with van der Waals surface area (Å²) in [5.41, 5.74) is 0.326. The van der Waals surface area contributed by atoms with Crippen molar-refractivity contribution in [2.24, 2.45) is 0 Å². The van der Waals surface area contributed by atoms with E-state index in [4.69, 9.17) is 27.9 Å². The fourth-order valence-corrected chi connectivity index (χ4v) is 1.53. The van der Waals surface area contributed by atoms with Gasteiger partial charge in [0.15, 0.2) is 0 Å². The molecule has 0 spiro atoms. The second-order valence-corrected chi connectivity index (χ2v) is 4.15. The van der Waals surface area contributed by atoms with Gasteiger partial charge in [-0.05, 0) is 12.1 Å². The van der Waals surface area contributed by atoms with Gasteiger partial charge in [0.1, 0.15) is 10.3 Å². The van der Waals surface area contributed by atoms with Crippen LogP contribution in [0.2, 0.25) is 10.3 Å². The number of anilines is 1. The molecule has 1 N–H and O–H groups in total. The van der Waals surface area contributed by atoms with Crippen molar-refractivity contribution in [2.75, 3.05) is 12.4 Å². The minimum Gasteiger partial charge on any atom is -0.481 e.